The number of aliphatic hydroxyl groups excluding tert-OH is 1. The molecule has 0 aliphatic rings. The summed E-state index contributed by atoms with van der Waals surface area (Å²) in [6, 6.07) is 1.77. The molecule has 0 aromatic carbocycles. The summed E-state index contributed by atoms with van der Waals surface area (Å²) in [6.45, 7) is 2.34. The number of imidazole rings is 1. The molecule has 2 N–H and O–H groups in total. The van der Waals surface area contributed by atoms with Crippen molar-refractivity contribution >= 4 is 11.7 Å². The van der Waals surface area contributed by atoms with E-state index in [0.29, 0.717) is 30.9 Å². The molecular formula is C12H16N4O2. The monoisotopic (exact) mass is 248 g/mol. The van der Waals surface area contributed by atoms with Gasteiger partial charge in [-0.25, -0.2) is 9.97 Å². The summed E-state index contributed by atoms with van der Waals surface area (Å²) in [6.07, 6.45) is 5.91. The highest BCUT2D eigenvalue weighted by Gasteiger charge is 2.11. The van der Waals surface area contributed by atoms with E-state index in [4.69, 9.17) is 0 Å². The minimum Gasteiger partial charge on any atom is -0.393 e. The van der Waals surface area contributed by atoms with Crippen LogP contribution in [0.25, 0.3) is 5.78 Å². The van der Waals surface area contributed by atoms with Crippen LogP contribution in [0.15, 0.2) is 24.7 Å². The zero-order valence-electron chi connectivity index (χ0n) is 10.2. The number of carbonyl (C=O) groups is 1. The van der Waals surface area contributed by atoms with Crippen molar-refractivity contribution < 1.29 is 9.90 Å². The third-order valence-electron chi connectivity index (χ3n) is 2.70. The number of amides is 1. The number of fused-ring (bicyclic) bond motifs is 1. The Hall–Kier alpha value is -1.95. The van der Waals surface area contributed by atoms with Crippen molar-refractivity contribution in [2.45, 2.75) is 25.9 Å². The average molecular weight is 248 g/mol. The molecule has 0 aliphatic carbocycles. The lowest BCUT2D eigenvalue weighted by molar-refractivity contribution is 0.0937. The lowest BCUT2D eigenvalue weighted by Gasteiger charge is -2.07. The summed E-state index contributed by atoms with van der Waals surface area (Å²) in [5, 5.41) is 12.1. The number of aliphatic hydroxyl groups is 1. The number of rotatable bonds is 5. The second-order valence-corrected chi connectivity index (χ2v) is 4.06. The molecule has 1 unspecified atom stereocenters. The average Bonchev–Trinajstić information content (AvgIpc) is 2.82. The van der Waals surface area contributed by atoms with Gasteiger partial charge < -0.3 is 10.4 Å². The predicted molar refractivity (Wildman–Crippen MR) is 66.2 cm³/mol. The van der Waals surface area contributed by atoms with Gasteiger partial charge in [-0.15, -0.1) is 0 Å². The molecule has 0 bridgehead atoms. The van der Waals surface area contributed by atoms with Crippen LogP contribution < -0.4 is 5.32 Å². The maximum atomic E-state index is 11.8. The van der Waals surface area contributed by atoms with E-state index in [0.717, 1.165) is 0 Å². The van der Waals surface area contributed by atoms with Crippen LogP contribution >= 0.6 is 0 Å². The van der Waals surface area contributed by atoms with E-state index in [1.807, 2.05) is 6.92 Å². The molecular weight excluding hydrogens is 232 g/mol. The molecule has 2 aromatic rings. The van der Waals surface area contributed by atoms with Crippen molar-refractivity contribution in [3.63, 3.8) is 0 Å². The number of hydrogen-bond donors (Lipinski definition) is 2. The smallest absolute Gasteiger partial charge is 0.271 e. The molecule has 18 heavy (non-hydrogen) atoms. The first-order valence-corrected chi connectivity index (χ1v) is 5.96. The fourth-order valence-corrected chi connectivity index (χ4v) is 1.59. The number of nitrogens with one attached hydrogen (secondary N) is 1. The largest absolute Gasteiger partial charge is 0.393 e. The summed E-state index contributed by atoms with van der Waals surface area (Å²) in [4.78, 5) is 19.9. The van der Waals surface area contributed by atoms with E-state index in [9.17, 15) is 9.90 Å². The molecule has 2 aromatic heterocycles. The zero-order chi connectivity index (χ0) is 13.0. The lowest BCUT2D eigenvalue weighted by atomic mass is 10.2. The molecule has 0 fully saturated rings. The summed E-state index contributed by atoms with van der Waals surface area (Å²) < 4.78 is 1.69. The van der Waals surface area contributed by atoms with Gasteiger partial charge in [0, 0.05) is 25.1 Å². The normalized spacial score (nSPS) is 12.6. The van der Waals surface area contributed by atoms with E-state index >= 15 is 0 Å². The number of carbonyl (C=O) groups excluding carboxylic acids is 1. The zero-order valence-corrected chi connectivity index (χ0v) is 10.2. The number of aromatic nitrogens is 3. The van der Waals surface area contributed by atoms with Crippen LogP contribution in [0, 0.1) is 0 Å². The molecule has 6 nitrogen and oxygen atoms in total. The summed E-state index contributed by atoms with van der Waals surface area (Å²) in [7, 11) is 0. The van der Waals surface area contributed by atoms with E-state index < -0.39 is 0 Å². The lowest BCUT2D eigenvalue weighted by Crippen LogP contribution is -2.27. The van der Waals surface area contributed by atoms with Gasteiger partial charge in [-0.1, -0.05) is 6.92 Å². The predicted octanol–water partition coefficient (Wildman–Crippen LogP) is 0.620. The van der Waals surface area contributed by atoms with Crippen molar-refractivity contribution in [1.29, 1.82) is 0 Å². The van der Waals surface area contributed by atoms with E-state index in [1.165, 1.54) is 0 Å². The maximum Gasteiger partial charge on any atom is 0.271 e. The van der Waals surface area contributed by atoms with Gasteiger partial charge in [0.05, 0.1) is 6.10 Å². The Labute approximate surface area is 105 Å². The van der Waals surface area contributed by atoms with E-state index in [-0.39, 0.29) is 12.0 Å². The van der Waals surface area contributed by atoms with Gasteiger partial charge in [-0.3, -0.25) is 9.20 Å². The topological polar surface area (TPSA) is 79.5 Å². The van der Waals surface area contributed by atoms with E-state index in [2.05, 4.69) is 15.3 Å². The fraction of sp³-hybridized carbons (Fsp3) is 0.417. The Kier molecular flexibility index (Phi) is 3.88. The first-order valence-electron chi connectivity index (χ1n) is 5.96. The summed E-state index contributed by atoms with van der Waals surface area (Å²) in [5.41, 5.74) is 0.333. The molecule has 0 spiro atoms. The third kappa shape index (κ3) is 2.84. The van der Waals surface area contributed by atoms with Gasteiger partial charge in [0.1, 0.15) is 5.69 Å². The van der Waals surface area contributed by atoms with Crippen LogP contribution in [0.5, 0.6) is 0 Å². The Bertz CT molecular complexity index is 505. The molecule has 2 heterocycles. The quantitative estimate of drug-likeness (QED) is 0.813. The molecule has 0 saturated carbocycles. The fourth-order valence-electron chi connectivity index (χ4n) is 1.59. The molecule has 1 amide bonds. The van der Waals surface area contributed by atoms with Gasteiger partial charge >= 0.3 is 0 Å². The van der Waals surface area contributed by atoms with Crippen LogP contribution in [0.1, 0.15) is 30.3 Å². The minimum atomic E-state index is -0.368. The minimum absolute atomic E-state index is 0.246. The first kappa shape index (κ1) is 12.5. The van der Waals surface area contributed by atoms with Gasteiger partial charge in [-0.05, 0) is 18.9 Å². The SMILES string of the molecule is CCC(O)CCNC(=O)c1cn2cccnc2n1. The maximum absolute atomic E-state index is 11.8. The third-order valence-corrected chi connectivity index (χ3v) is 2.70. The van der Waals surface area contributed by atoms with Crippen molar-refractivity contribution in [1.82, 2.24) is 19.7 Å². The first-order chi connectivity index (χ1) is 8.70. The second kappa shape index (κ2) is 5.59. The summed E-state index contributed by atoms with van der Waals surface area (Å²) >= 11 is 0. The Morgan fingerprint density at radius 1 is 1.61 bits per heavy atom. The van der Waals surface area contributed by atoms with Crippen LogP contribution in [-0.2, 0) is 0 Å². The van der Waals surface area contributed by atoms with Gasteiger partial charge in [0.2, 0.25) is 5.78 Å². The number of hydrogen-bond acceptors (Lipinski definition) is 4. The van der Waals surface area contributed by atoms with Gasteiger partial charge in [0.15, 0.2) is 0 Å². The molecule has 0 radical (unpaired) electrons. The van der Waals surface area contributed by atoms with Gasteiger partial charge in [0.25, 0.3) is 5.91 Å². The van der Waals surface area contributed by atoms with Crippen molar-refractivity contribution in [3.8, 4) is 0 Å². The molecule has 0 aliphatic heterocycles. The molecule has 2 rings (SSSR count). The molecule has 1 atom stereocenters. The van der Waals surface area contributed by atoms with Crippen LogP contribution in [-0.4, -0.2) is 38.0 Å². The standard InChI is InChI=1S/C12H16N4O2/c1-2-9(17)4-6-13-11(18)10-8-16-7-3-5-14-12(16)15-10/h3,5,7-9,17H,2,4,6H2,1H3,(H,13,18). The second-order valence-electron chi connectivity index (χ2n) is 4.06. The Morgan fingerprint density at radius 3 is 3.17 bits per heavy atom. The highest BCUT2D eigenvalue weighted by Crippen LogP contribution is 2.02. The number of nitrogens with zero attached hydrogens (tertiary/aromatic N) is 3. The van der Waals surface area contributed by atoms with Crippen LogP contribution in [0.4, 0.5) is 0 Å². The molecule has 0 saturated heterocycles. The Morgan fingerprint density at radius 2 is 2.44 bits per heavy atom. The highest BCUT2D eigenvalue weighted by atomic mass is 16.3. The van der Waals surface area contributed by atoms with Crippen molar-refractivity contribution in [3.05, 3.63) is 30.4 Å². The Balaban J connectivity index is 1.96. The van der Waals surface area contributed by atoms with Crippen molar-refractivity contribution in [2.24, 2.45) is 0 Å². The van der Waals surface area contributed by atoms with E-state index in [1.54, 1.807) is 29.1 Å². The highest BCUT2D eigenvalue weighted by molar-refractivity contribution is 5.92. The molecule has 6 heteroatoms. The molecule has 96 valence electrons. The summed E-state index contributed by atoms with van der Waals surface area (Å²) in [5.74, 6) is 0.250. The van der Waals surface area contributed by atoms with Crippen LogP contribution in [0.2, 0.25) is 0 Å². The van der Waals surface area contributed by atoms with Crippen LogP contribution in [0.3, 0.4) is 0 Å². The van der Waals surface area contributed by atoms with Gasteiger partial charge in [-0.2, -0.15) is 0 Å². The van der Waals surface area contributed by atoms with Crippen molar-refractivity contribution in [2.75, 3.05) is 6.54 Å².